The lowest BCUT2D eigenvalue weighted by atomic mass is 10.1. The lowest BCUT2D eigenvalue weighted by Gasteiger charge is -2.03. The van der Waals surface area contributed by atoms with Crippen LogP contribution in [0.25, 0.3) is 89.7 Å². The SMILES string of the molecule is c1cc(-c2nnc(-c3ccc4ccc5cccnc5c4n3)o2)cc(-c2nnc(-c3ccc4ccc5cccnc5c4n3)o2)c1. The molecule has 0 fully saturated rings. The first-order chi connectivity index (χ1) is 21.8. The molecule has 0 bridgehead atoms. The van der Waals surface area contributed by atoms with Crippen LogP contribution in [0, 0.1) is 0 Å². The van der Waals surface area contributed by atoms with Crippen LogP contribution >= 0.6 is 0 Å². The highest BCUT2D eigenvalue weighted by Crippen LogP contribution is 2.31. The lowest BCUT2D eigenvalue weighted by molar-refractivity contribution is 0.580. The zero-order valence-corrected chi connectivity index (χ0v) is 22.8. The smallest absolute Gasteiger partial charge is 0.266 e. The molecule has 0 atom stereocenters. The second kappa shape index (κ2) is 9.57. The van der Waals surface area contributed by atoms with Crippen LogP contribution < -0.4 is 0 Å². The Balaban J connectivity index is 1.04. The molecule has 0 N–H and O–H groups in total. The number of hydrogen-bond donors (Lipinski definition) is 0. The maximum absolute atomic E-state index is 6.07. The molecule has 0 radical (unpaired) electrons. The summed E-state index contributed by atoms with van der Waals surface area (Å²) in [6.45, 7) is 0. The number of rotatable bonds is 4. The summed E-state index contributed by atoms with van der Waals surface area (Å²) < 4.78 is 12.1. The number of benzene rings is 3. The van der Waals surface area contributed by atoms with Crippen molar-refractivity contribution >= 4 is 43.6 Å². The first kappa shape index (κ1) is 24.2. The van der Waals surface area contributed by atoms with Crippen molar-refractivity contribution in [2.75, 3.05) is 0 Å². The number of hydrogen-bond acceptors (Lipinski definition) is 10. The van der Waals surface area contributed by atoms with E-state index < -0.39 is 0 Å². The van der Waals surface area contributed by atoms with Gasteiger partial charge in [0, 0.05) is 45.1 Å². The summed E-state index contributed by atoms with van der Waals surface area (Å²) in [6.07, 6.45) is 3.52. The third kappa shape index (κ3) is 3.97. The molecular weight excluding hydrogens is 552 g/mol. The Morgan fingerprint density at radius 3 is 1.32 bits per heavy atom. The van der Waals surface area contributed by atoms with Crippen molar-refractivity contribution in [3.8, 4) is 46.1 Å². The summed E-state index contributed by atoms with van der Waals surface area (Å²) in [6, 6.07) is 31.2. The Hall–Kier alpha value is -6.42. The predicted molar refractivity (Wildman–Crippen MR) is 165 cm³/mol. The highest BCUT2D eigenvalue weighted by atomic mass is 16.4. The Morgan fingerprint density at radius 2 is 0.818 bits per heavy atom. The summed E-state index contributed by atoms with van der Waals surface area (Å²) in [5.74, 6) is 1.31. The minimum absolute atomic E-state index is 0.310. The van der Waals surface area contributed by atoms with Crippen molar-refractivity contribution in [3.63, 3.8) is 0 Å². The number of aromatic nitrogens is 8. The average molecular weight is 571 g/mol. The molecule has 206 valence electrons. The molecule has 0 spiro atoms. The van der Waals surface area contributed by atoms with Gasteiger partial charge in [0.1, 0.15) is 11.4 Å². The normalized spacial score (nSPS) is 11.6. The van der Waals surface area contributed by atoms with E-state index in [2.05, 4.69) is 30.4 Å². The van der Waals surface area contributed by atoms with Crippen molar-refractivity contribution in [1.29, 1.82) is 0 Å². The van der Waals surface area contributed by atoms with Crippen LogP contribution in [-0.2, 0) is 0 Å². The van der Waals surface area contributed by atoms with Crippen molar-refractivity contribution in [3.05, 3.63) is 109 Å². The zero-order valence-electron chi connectivity index (χ0n) is 22.8. The van der Waals surface area contributed by atoms with Crippen molar-refractivity contribution in [2.45, 2.75) is 0 Å². The first-order valence-corrected chi connectivity index (χ1v) is 13.8. The molecule has 3 aromatic carbocycles. The van der Waals surface area contributed by atoms with Gasteiger partial charge in [0.05, 0.1) is 22.1 Å². The van der Waals surface area contributed by atoms with E-state index in [0.717, 1.165) is 43.6 Å². The summed E-state index contributed by atoms with van der Waals surface area (Å²) in [5.41, 5.74) is 5.74. The largest absolute Gasteiger partial charge is 0.415 e. The Bertz CT molecular complexity index is 2370. The minimum atomic E-state index is 0.310. The maximum Gasteiger partial charge on any atom is 0.266 e. The molecule has 9 aromatic rings. The summed E-state index contributed by atoms with van der Waals surface area (Å²) in [5, 5.41) is 21.1. The number of pyridine rings is 4. The molecule has 44 heavy (non-hydrogen) atoms. The van der Waals surface area contributed by atoms with Crippen LogP contribution in [0.3, 0.4) is 0 Å². The monoisotopic (exact) mass is 570 g/mol. The van der Waals surface area contributed by atoms with Gasteiger partial charge in [-0.05, 0) is 42.5 Å². The molecule has 9 rings (SSSR count). The highest BCUT2D eigenvalue weighted by Gasteiger charge is 2.17. The van der Waals surface area contributed by atoms with Crippen molar-refractivity contribution < 1.29 is 8.83 Å². The standard InChI is InChI=1S/C34H18N8O2/c1-4-23(31-39-41-33(43-31)25-14-12-21-10-8-19-6-2-16-35-27(19)29(21)37-25)18-24(5-1)32-40-42-34(44-32)26-15-13-22-11-9-20-7-3-17-36-28(20)30(22)38-26/h1-18H. The van der Waals surface area contributed by atoms with Crippen LogP contribution in [0.5, 0.6) is 0 Å². The van der Waals surface area contributed by atoms with Gasteiger partial charge in [-0.25, -0.2) is 9.97 Å². The molecule has 0 unspecified atom stereocenters. The molecule has 10 heteroatoms. The Kier molecular flexibility index (Phi) is 5.26. The van der Waals surface area contributed by atoms with Crippen LogP contribution in [-0.4, -0.2) is 40.3 Å². The average Bonchev–Trinajstić information content (AvgIpc) is 3.79. The van der Waals surface area contributed by atoms with Crippen LogP contribution in [0.4, 0.5) is 0 Å². The van der Waals surface area contributed by atoms with E-state index in [1.807, 2.05) is 97.1 Å². The van der Waals surface area contributed by atoms with E-state index in [0.29, 0.717) is 46.1 Å². The maximum atomic E-state index is 6.07. The van der Waals surface area contributed by atoms with Gasteiger partial charge in [0.15, 0.2) is 0 Å². The van der Waals surface area contributed by atoms with E-state index >= 15 is 0 Å². The van der Waals surface area contributed by atoms with Crippen molar-refractivity contribution in [1.82, 2.24) is 40.3 Å². The third-order valence-electron chi connectivity index (χ3n) is 7.51. The Labute approximate surface area is 248 Å². The van der Waals surface area contributed by atoms with Crippen LogP contribution in [0.1, 0.15) is 0 Å². The van der Waals surface area contributed by atoms with Gasteiger partial charge in [-0.1, -0.05) is 54.6 Å². The number of nitrogens with zero attached hydrogens (tertiary/aromatic N) is 8. The fraction of sp³-hybridized carbons (Fsp3) is 0. The second-order valence-corrected chi connectivity index (χ2v) is 10.2. The molecular formula is C34H18N8O2. The topological polar surface area (TPSA) is 129 Å². The van der Waals surface area contributed by atoms with E-state index in [-0.39, 0.29) is 0 Å². The van der Waals surface area contributed by atoms with E-state index in [9.17, 15) is 0 Å². The van der Waals surface area contributed by atoms with Gasteiger partial charge < -0.3 is 8.83 Å². The molecule has 10 nitrogen and oxygen atoms in total. The quantitative estimate of drug-likeness (QED) is 0.198. The first-order valence-electron chi connectivity index (χ1n) is 13.8. The highest BCUT2D eigenvalue weighted by molar-refractivity contribution is 6.04. The van der Waals surface area contributed by atoms with Crippen LogP contribution in [0.2, 0.25) is 0 Å². The van der Waals surface area contributed by atoms with E-state index in [4.69, 9.17) is 18.8 Å². The molecule has 6 heterocycles. The molecule has 0 aliphatic carbocycles. The fourth-order valence-electron chi connectivity index (χ4n) is 5.36. The van der Waals surface area contributed by atoms with Gasteiger partial charge in [0.2, 0.25) is 11.8 Å². The molecule has 0 aliphatic rings. The molecule has 0 aliphatic heterocycles. The summed E-state index contributed by atoms with van der Waals surface area (Å²) >= 11 is 0. The van der Waals surface area contributed by atoms with Gasteiger partial charge in [-0.3, -0.25) is 9.97 Å². The molecule has 0 amide bonds. The molecule has 0 saturated carbocycles. The lowest BCUT2D eigenvalue weighted by Crippen LogP contribution is -1.88. The fourth-order valence-corrected chi connectivity index (χ4v) is 5.36. The minimum Gasteiger partial charge on any atom is -0.415 e. The van der Waals surface area contributed by atoms with E-state index in [1.165, 1.54) is 0 Å². The second-order valence-electron chi connectivity index (χ2n) is 10.2. The zero-order chi connectivity index (χ0) is 29.0. The number of fused-ring (bicyclic) bond motifs is 6. The van der Waals surface area contributed by atoms with Gasteiger partial charge in [-0.2, -0.15) is 0 Å². The molecule has 6 aromatic heterocycles. The van der Waals surface area contributed by atoms with Gasteiger partial charge in [0.25, 0.3) is 11.8 Å². The summed E-state index contributed by atoms with van der Waals surface area (Å²) in [7, 11) is 0. The van der Waals surface area contributed by atoms with Crippen LogP contribution in [0.15, 0.2) is 118 Å². The third-order valence-corrected chi connectivity index (χ3v) is 7.51. The van der Waals surface area contributed by atoms with Gasteiger partial charge >= 0.3 is 0 Å². The molecule has 0 saturated heterocycles. The van der Waals surface area contributed by atoms with Gasteiger partial charge in [-0.15, -0.1) is 20.4 Å². The van der Waals surface area contributed by atoms with E-state index in [1.54, 1.807) is 12.4 Å². The summed E-state index contributed by atoms with van der Waals surface area (Å²) in [4.78, 5) is 18.7. The van der Waals surface area contributed by atoms with Crippen molar-refractivity contribution in [2.24, 2.45) is 0 Å². The predicted octanol–water partition coefficient (Wildman–Crippen LogP) is 7.31. The Morgan fingerprint density at radius 1 is 0.386 bits per heavy atom.